The third-order valence-electron chi connectivity index (χ3n) is 6.79. The highest BCUT2D eigenvalue weighted by Gasteiger charge is 2.48. The minimum absolute atomic E-state index is 0.0788. The van der Waals surface area contributed by atoms with Gasteiger partial charge in [-0.3, -0.25) is 4.99 Å². The minimum atomic E-state index is -1.09. The lowest BCUT2D eigenvalue weighted by atomic mass is 9.72. The van der Waals surface area contributed by atoms with Crippen LogP contribution in [0.1, 0.15) is 61.6 Å². The van der Waals surface area contributed by atoms with E-state index in [1.54, 1.807) is 0 Å². The summed E-state index contributed by atoms with van der Waals surface area (Å²) in [6.45, 7) is 0. The van der Waals surface area contributed by atoms with Crippen molar-refractivity contribution in [3.63, 3.8) is 0 Å². The van der Waals surface area contributed by atoms with Crippen molar-refractivity contribution in [2.75, 3.05) is 7.11 Å². The van der Waals surface area contributed by atoms with Gasteiger partial charge in [0.1, 0.15) is 0 Å². The van der Waals surface area contributed by atoms with Crippen LogP contribution >= 0.6 is 0 Å². The van der Waals surface area contributed by atoms with Crippen molar-refractivity contribution in [3.05, 3.63) is 108 Å². The van der Waals surface area contributed by atoms with Gasteiger partial charge in [0.15, 0.2) is 5.54 Å². The number of methoxy groups -OCH3 is 1. The van der Waals surface area contributed by atoms with Crippen LogP contribution in [0.2, 0.25) is 0 Å². The van der Waals surface area contributed by atoms with E-state index in [2.05, 4.69) is 24.3 Å². The lowest BCUT2D eigenvalue weighted by Crippen LogP contribution is -2.44. The molecule has 4 rings (SSSR count). The fourth-order valence-corrected chi connectivity index (χ4v) is 5.11. The Morgan fingerprint density at radius 2 is 1.18 bits per heavy atom. The molecule has 1 unspecified atom stereocenters. The van der Waals surface area contributed by atoms with Crippen molar-refractivity contribution in [2.45, 2.75) is 50.5 Å². The molecule has 1 atom stereocenters. The van der Waals surface area contributed by atoms with Crippen molar-refractivity contribution >= 4 is 11.7 Å². The Bertz CT molecular complexity index is 997. The molecule has 1 aliphatic carbocycles. The van der Waals surface area contributed by atoms with Crippen LogP contribution in [-0.2, 0) is 15.1 Å². The molecule has 1 aliphatic rings. The number of aliphatic imine (C=N–C) groups is 1. The van der Waals surface area contributed by atoms with Gasteiger partial charge >= 0.3 is 5.97 Å². The second kappa shape index (κ2) is 11.1. The van der Waals surface area contributed by atoms with E-state index in [1.807, 2.05) is 66.7 Å². The van der Waals surface area contributed by atoms with Crippen LogP contribution in [0, 0.1) is 5.92 Å². The normalized spacial score (nSPS) is 16.6. The molecule has 3 nitrogen and oxygen atoms in total. The Labute approximate surface area is 197 Å². The largest absolute Gasteiger partial charge is 0.467 e. The quantitative estimate of drug-likeness (QED) is 0.308. The summed E-state index contributed by atoms with van der Waals surface area (Å²) in [4.78, 5) is 19.2. The number of hydrogen-bond acceptors (Lipinski definition) is 3. The smallest absolute Gasteiger partial charge is 0.338 e. The number of esters is 1. The van der Waals surface area contributed by atoms with Gasteiger partial charge in [0.25, 0.3) is 0 Å². The Morgan fingerprint density at radius 3 is 1.67 bits per heavy atom. The number of carbonyl (C=O) groups is 1. The number of ether oxygens (including phenoxy) is 1. The molecule has 3 aromatic rings. The van der Waals surface area contributed by atoms with Gasteiger partial charge in [0.05, 0.1) is 12.8 Å². The first-order valence-corrected chi connectivity index (χ1v) is 12.1. The number of nitrogens with zero attached hydrogens (tertiary/aromatic N) is 1. The van der Waals surface area contributed by atoms with Gasteiger partial charge in [0, 0.05) is 11.1 Å². The molecule has 0 amide bonds. The molecule has 0 bridgehead atoms. The van der Waals surface area contributed by atoms with Gasteiger partial charge in [-0.05, 0) is 24.3 Å². The second-order valence-corrected chi connectivity index (χ2v) is 8.86. The average molecular weight is 440 g/mol. The molecule has 0 aromatic heterocycles. The summed E-state index contributed by atoms with van der Waals surface area (Å²) in [6, 6.07) is 30.4. The van der Waals surface area contributed by atoms with E-state index < -0.39 is 5.54 Å². The van der Waals surface area contributed by atoms with Crippen LogP contribution in [0.25, 0.3) is 0 Å². The number of benzene rings is 3. The van der Waals surface area contributed by atoms with E-state index in [0.717, 1.165) is 48.1 Å². The molecule has 1 saturated carbocycles. The van der Waals surface area contributed by atoms with E-state index in [4.69, 9.17) is 9.73 Å². The molecule has 0 radical (unpaired) electrons. The van der Waals surface area contributed by atoms with Gasteiger partial charge in [-0.15, -0.1) is 0 Å². The molecule has 33 heavy (non-hydrogen) atoms. The SMILES string of the molecule is COC(=O)C(N=C(c1ccccc1)c1ccccc1)(c1ccccc1)C1CCCCCCC1. The monoisotopic (exact) mass is 439 g/mol. The predicted octanol–water partition coefficient (Wildman–Crippen LogP) is 6.95. The Morgan fingerprint density at radius 1 is 0.727 bits per heavy atom. The number of hydrogen-bond donors (Lipinski definition) is 0. The first-order valence-electron chi connectivity index (χ1n) is 12.1. The maximum Gasteiger partial charge on any atom is 0.338 e. The van der Waals surface area contributed by atoms with Gasteiger partial charge < -0.3 is 4.74 Å². The molecule has 0 aliphatic heterocycles. The fourth-order valence-electron chi connectivity index (χ4n) is 5.11. The maximum absolute atomic E-state index is 13.8. The third-order valence-corrected chi connectivity index (χ3v) is 6.79. The molecule has 1 fully saturated rings. The Kier molecular flexibility index (Phi) is 7.72. The van der Waals surface area contributed by atoms with Crippen molar-refractivity contribution in [2.24, 2.45) is 10.9 Å². The fraction of sp³-hybridized carbons (Fsp3) is 0.333. The molecule has 170 valence electrons. The molecular weight excluding hydrogens is 406 g/mol. The zero-order valence-corrected chi connectivity index (χ0v) is 19.5. The zero-order chi connectivity index (χ0) is 22.9. The summed E-state index contributed by atoms with van der Waals surface area (Å²) in [5.74, 6) is -0.196. The summed E-state index contributed by atoms with van der Waals surface area (Å²) in [7, 11) is 1.49. The van der Waals surface area contributed by atoms with E-state index >= 15 is 0 Å². The standard InChI is InChI=1S/C30H33NO2/c1-33-29(32)30(27-22-14-7-15-23-27,26-20-12-3-2-4-13-21-26)31-28(24-16-8-5-9-17-24)25-18-10-6-11-19-25/h5-11,14-19,22-23,26H,2-4,12-13,20-21H2,1H3. The van der Waals surface area contributed by atoms with Crippen LogP contribution in [0.3, 0.4) is 0 Å². The van der Waals surface area contributed by atoms with Crippen LogP contribution in [0.5, 0.6) is 0 Å². The first-order chi connectivity index (χ1) is 16.3. The Hall–Kier alpha value is -3.20. The average Bonchev–Trinajstić information content (AvgIpc) is 2.86. The van der Waals surface area contributed by atoms with Gasteiger partial charge in [-0.2, -0.15) is 0 Å². The van der Waals surface area contributed by atoms with Gasteiger partial charge in [-0.1, -0.05) is 123 Å². The van der Waals surface area contributed by atoms with Crippen LogP contribution in [-0.4, -0.2) is 18.8 Å². The zero-order valence-electron chi connectivity index (χ0n) is 19.5. The molecule has 3 aromatic carbocycles. The lowest BCUT2D eigenvalue weighted by Gasteiger charge is -2.37. The summed E-state index contributed by atoms with van der Waals surface area (Å²) < 4.78 is 5.52. The predicted molar refractivity (Wildman–Crippen MR) is 134 cm³/mol. The van der Waals surface area contributed by atoms with Crippen molar-refractivity contribution in [3.8, 4) is 0 Å². The van der Waals surface area contributed by atoms with Crippen LogP contribution in [0.4, 0.5) is 0 Å². The topological polar surface area (TPSA) is 38.7 Å². The van der Waals surface area contributed by atoms with Crippen LogP contribution < -0.4 is 0 Å². The van der Waals surface area contributed by atoms with E-state index in [0.29, 0.717) is 0 Å². The van der Waals surface area contributed by atoms with Crippen molar-refractivity contribution in [1.29, 1.82) is 0 Å². The van der Waals surface area contributed by atoms with E-state index in [9.17, 15) is 4.79 Å². The summed E-state index contributed by atoms with van der Waals surface area (Å²) in [5.41, 5.74) is 2.64. The number of carbonyl (C=O) groups excluding carboxylic acids is 1. The van der Waals surface area contributed by atoms with Gasteiger partial charge in [0.2, 0.25) is 0 Å². The highest BCUT2D eigenvalue weighted by molar-refractivity contribution is 6.14. The first kappa shape index (κ1) is 23.0. The van der Waals surface area contributed by atoms with Crippen LogP contribution in [0.15, 0.2) is 96.0 Å². The molecule has 0 saturated heterocycles. The molecule has 0 spiro atoms. The van der Waals surface area contributed by atoms with E-state index in [-0.39, 0.29) is 11.9 Å². The molecule has 3 heteroatoms. The summed E-state index contributed by atoms with van der Waals surface area (Å²) >= 11 is 0. The minimum Gasteiger partial charge on any atom is -0.467 e. The molecular formula is C30H33NO2. The van der Waals surface area contributed by atoms with E-state index in [1.165, 1.54) is 26.4 Å². The lowest BCUT2D eigenvalue weighted by molar-refractivity contribution is -0.150. The third kappa shape index (κ3) is 5.08. The second-order valence-electron chi connectivity index (χ2n) is 8.86. The van der Waals surface area contributed by atoms with Crippen molar-refractivity contribution < 1.29 is 9.53 Å². The summed E-state index contributed by atoms with van der Waals surface area (Å²) in [6.07, 6.45) is 7.82. The highest BCUT2D eigenvalue weighted by atomic mass is 16.5. The molecule has 0 heterocycles. The number of rotatable bonds is 6. The van der Waals surface area contributed by atoms with Crippen molar-refractivity contribution in [1.82, 2.24) is 0 Å². The van der Waals surface area contributed by atoms with Gasteiger partial charge in [-0.25, -0.2) is 4.79 Å². The summed E-state index contributed by atoms with van der Waals surface area (Å²) in [5, 5.41) is 0. The highest BCUT2D eigenvalue weighted by Crippen LogP contribution is 2.43. The Balaban J connectivity index is 1.99. The maximum atomic E-state index is 13.8. The molecule has 0 N–H and O–H groups in total.